The van der Waals surface area contributed by atoms with E-state index in [4.69, 9.17) is 11.0 Å². The summed E-state index contributed by atoms with van der Waals surface area (Å²) in [6, 6.07) is 10.9. The first kappa shape index (κ1) is 15.0. The van der Waals surface area contributed by atoms with Gasteiger partial charge in [0.05, 0.1) is 6.07 Å². The van der Waals surface area contributed by atoms with Crippen LogP contribution in [0.2, 0.25) is 0 Å². The van der Waals surface area contributed by atoms with Crippen molar-refractivity contribution < 1.29 is 8.42 Å². The highest BCUT2D eigenvalue weighted by Gasteiger charge is 2.28. The van der Waals surface area contributed by atoms with E-state index in [1.54, 1.807) is 19.2 Å². The molecule has 1 aromatic heterocycles. The van der Waals surface area contributed by atoms with Gasteiger partial charge in [-0.3, -0.25) is 4.68 Å². The summed E-state index contributed by atoms with van der Waals surface area (Å²) in [5, 5.41) is 12.7. The predicted octanol–water partition coefficient (Wildman–Crippen LogP) is 0.717. The lowest BCUT2D eigenvalue weighted by Gasteiger charge is -2.18. The summed E-state index contributed by atoms with van der Waals surface area (Å²) >= 11 is 0. The molecule has 0 bridgehead atoms. The average Bonchev–Trinajstić information content (AvgIpc) is 2.79. The number of benzene rings is 1. The second-order valence-corrected chi connectivity index (χ2v) is 6.38. The Morgan fingerprint density at radius 2 is 2.05 bits per heavy atom. The minimum atomic E-state index is -3.87. The first-order valence-corrected chi connectivity index (χ1v) is 7.59. The molecule has 8 heteroatoms. The van der Waals surface area contributed by atoms with Gasteiger partial charge in [0.15, 0.2) is 5.82 Å². The molecule has 0 aliphatic rings. The summed E-state index contributed by atoms with van der Waals surface area (Å²) in [4.78, 5) is -0.0869. The molecule has 0 fully saturated rings. The fourth-order valence-corrected chi connectivity index (χ4v) is 3.33. The highest BCUT2D eigenvalue weighted by atomic mass is 32.2. The normalized spacial score (nSPS) is 11.5. The van der Waals surface area contributed by atoms with E-state index in [9.17, 15) is 8.42 Å². The fraction of sp³-hybridized carbons (Fsp3) is 0.231. The predicted molar refractivity (Wildman–Crippen MR) is 77.3 cm³/mol. The Morgan fingerprint density at radius 3 is 2.57 bits per heavy atom. The third kappa shape index (κ3) is 3.21. The van der Waals surface area contributed by atoms with E-state index >= 15 is 0 Å². The Balaban J connectivity index is 2.37. The van der Waals surface area contributed by atoms with Crippen LogP contribution in [-0.2, 0) is 23.6 Å². The van der Waals surface area contributed by atoms with E-state index < -0.39 is 10.0 Å². The Kier molecular flexibility index (Phi) is 4.26. The molecular formula is C13H15N5O2S. The van der Waals surface area contributed by atoms with E-state index in [0.29, 0.717) is 0 Å². The van der Waals surface area contributed by atoms with E-state index in [2.05, 4.69) is 5.10 Å². The number of sulfonamides is 1. The fourth-order valence-electron chi connectivity index (χ4n) is 1.91. The van der Waals surface area contributed by atoms with Crippen LogP contribution in [0.15, 0.2) is 41.4 Å². The summed E-state index contributed by atoms with van der Waals surface area (Å²) in [5.74, 6) is -0.0755. The number of rotatable bonds is 5. The van der Waals surface area contributed by atoms with E-state index in [-0.39, 0.29) is 23.8 Å². The zero-order chi connectivity index (χ0) is 15.5. The van der Waals surface area contributed by atoms with E-state index in [1.165, 1.54) is 10.9 Å². The number of hydrogen-bond donors (Lipinski definition) is 1. The van der Waals surface area contributed by atoms with Crippen molar-refractivity contribution in [3.8, 4) is 6.07 Å². The minimum Gasteiger partial charge on any atom is -0.381 e. The molecule has 7 nitrogen and oxygen atoms in total. The number of anilines is 1. The molecule has 1 aromatic carbocycles. The van der Waals surface area contributed by atoms with Crippen LogP contribution < -0.4 is 5.73 Å². The van der Waals surface area contributed by atoms with Crippen molar-refractivity contribution in [2.24, 2.45) is 7.05 Å². The lowest BCUT2D eigenvalue weighted by molar-refractivity contribution is 0.441. The third-order valence-electron chi connectivity index (χ3n) is 2.89. The summed E-state index contributed by atoms with van der Waals surface area (Å²) in [6.07, 6.45) is 1.33. The molecule has 0 aliphatic heterocycles. The average molecular weight is 305 g/mol. The summed E-state index contributed by atoms with van der Waals surface area (Å²) in [6.45, 7) is -0.156. The molecule has 0 atom stereocenters. The van der Waals surface area contributed by atoms with Gasteiger partial charge in [-0.15, -0.1) is 0 Å². The Bertz CT molecular complexity index is 762. The molecule has 0 spiro atoms. The van der Waals surface area contributed by atoms with Gasteiger partial charge < -0.3 is 5.73 Å². The monoisotopic (exact) mass is 305 g/mol. The lowest BCUT2D eigenvalue weighted by atomic mass is 10.2. The molecule has 110 valence electrons. The van der Waals surface area contributed by atoms with Crippen molar-refractivity contribution in [2.75, 3.05) is 12.3 Å². The summed E-state index contributed by atoms with van der Waals surface area (Å²) in [5.41, 5.74) is 6.42. The van der Waals surface area contributed by atoms with Crippen molar-refractivity contribution in [1.82, 2.24) is 14.1 Å². The van der Waals surface area contributed by atoms with Gasteiger partial charge in [-0.1, -0.05) is 30.3 Å². The van der Waals surface area contributed by atoms with Crippen LogP contribution >= 0.6 is 0 Å². The van der Waals surface area contributed by atoms with Crippen LogP contribution in [0.25, 0.3) is 0 Å². The maximum Gasteiger partial charge on any atom is 0.249 e. The standard InChI is InChI=1S/C13H15N5O2S/c1-17-10-12(13(15)16-17)21(19,20)18(8-7-14)9-11-5-3-2-4-6-11/h2-6,10H,8-9H2,1H3,(H2,15,16). The number of nitriles is 1. The zero-order valence-corrected chi connectivity index (χ0v) is 12.3. The number of hydrogen-bond acceptors (Lipinski definition) is 5. The highest BCUT2D eigenvalue weighted by molar-refractivity contribution is 7.89. The van der Waals surface area contributed by atoms with Crippen molar-refractivity contribution in [2.45, 2.75) is 11.4 Å². The Hall–Kier alpha value is -2.37. The maximum atomic E-state index is 12.6. The van der Waals surface area contributed by atoms with Gasteiger partial charge in [0.1, 0.15) is 11.4 Å². The number of aromatic nitrogens is 2. The highest BCUT2D eigenvalue weighted by Crippen LogP contribution is 2.22. The van der Waals surface area contributed by atoms with Gasteiger partial charge in [0.25, 0.3) is 0 Å². The van der Waals surface area contributed by atoms with Gasteiger partial charge in [-0.05, 0) is 5.56 Å². The largest absolute Gasteiger partial charge is 0.381 e. The SMILES string of the molecule is Cn1cc(S(=O)(=O)N(CC#N)Cc2ccccc2)c(N)n1. The van der Waals surface area contributed by atoms with Gasteiger partial charge in [0.2, 0.25) is 10.0 Å². The molecule has 0 unspecified atom stereocenters. The third-order valence-corrected chi connectivity index (χ3v) is 4.70. The summed E-state index contributed by atoms with van der Waals surface area (Å²) in [7, 11) is -2.28. The molecule has 2 N–H and O–H groups in total. The second-order valence-electron chi connectivity index (χ2n) is 4.47. The quantitative estimate of drug-likeness (QED) is 0.819. The van der Waals surface area contributed by atoms with E-state index in [1.807, 2.05) is 24.3 Å². The van der Waals surface area contributed by atoms with Gasteiger partial charge in [0, 0.05) is 19.8 Å². The molecule has 0 saturated carbocycles. The van der Waals surface area contributed by atoms with Gasteiger partial charge in [-0.25, -0.2) is 8.42 Å². The van der Waals surface area contributed by atoms with Crippen LogP contribution in [-0.4, -0.2) is 29.0 Å². The van der Waals surface area contributed by atoms with Crippen molar-refractivity contribution in [3.63, 3.8) is 0 Å². The van der Waals surface area contributed by atoms with E-state index in [0.717, 1.165) is 9.87 Å². The maximum absolute atomic E-state index is 12.6. The second kappa shape index (κ2) is 5.95. The van der Waals surface area contributed by atoms with Gasteiger partial charge >= 0.3 is 0 Å². The molecule has 21 heavy (non-hydrogen) atoms. The molecule has 0 aliphatic carbocycles. The zero-order valence-electron chi connectivity index (χ0n) is 11.5. The number of nitrogens with two attached hydrogens (primary N) is 1. The van der Waals surface area contributed by atoms with Gasteiger partial charge in [-0.2, -0.15) is 14.7 Å². The van der Waals surface area contributed by atoms with Crippen molar-refractivity contribution in [1.29, 1.82) is 5.26 Å². The molecule has 0 radical (unpaired) electrons. The minimum absolute atomic E-state index is 0.0755. The van der Waals surface area contributed by atoms with Crippen molar-refractivity contribution >= 4 is 15.8 Å². The number of aryl methyl sites for hydroxylation is 1. The molecule has 2 aromatic rings. The molecular weight excluding hydrogens is 290 g/mol. The number of nitrogens with zero attached hydrogens (tertiary/aromatic N) is 4. The lowest BCUT2D eigenvalue weighted by Crippen LogP contribution is -2.31. The number of nitrogen functional groups attached to an aromatic ring is 1. The first-order valence-electron chi connectivity index (χ1n) is 6.15. The smallest absolute Gasteiger partial charge is 0.249 e. The molecule has 2 rings (SSSR count). The Morgan fingerprint density at radius 1 is 1.38 bits per heavy atom. The Labute approximate surface area is 123 Å². The first-order chi connectivity index (χ1) is 9.95. The van der Waals surface area contributed by atoms with Crippen LogP contribution in [0.4, 0.5) is 5.82 Å². The molecule has 0 saturated heterocycles. The molecule has 1 heterocycles. The van der Waals surface area contributed by atoms with Crippen LogP contribution in [0.1, 0.15) is 5.56 Å². The molecule has 0 amide bonds. The van der Waals surface area contributed by atoms with Crippen molar-refractivity contribution in [3.05, 3.63) is 42.1 Å². The summed E-state index contributed by atoms with van der Waals surface area (Å²) < 4.78 is 27.6. The van der Waals surface area contributed by atoms with Crippen LogP contribution in [0.3, 0.4) is 0 Å². The van der Waals surface area contributed by atoms with Crippen LogP contribution in [0.5, 0.6) is 0 Å². The topological polar surface area (TPSA) is 105 Å². The van der Waals surface area contributed by atoms with Crippen LogP contribution in [0, 0.1) is 11.3 Å².